The van der Waals surface area contributed by atoms with E-state index in [2.05, 4.69) is 57.4 Å². The van der Waals surface area contributed by atoms with E-state index >= 15 is 0 Å². The summed E-state index contributed by atoms with van der Waals surface area (Å²) < 4.78 is 3.74. The van der Waals surface area contributed by atoms with E-state index in [1.54, 1.807) is 0 Å². The molecule has 0 spiro atoms. The highest BCUT2D eigenvalue weighted by Crippen LogP contribution is 2.13. The van der Waals surface area contributed by atoms with E-state index in [-0.39, 0.29) is 0 Å². The normalized spacial score (nSPS) is 11.8. The predicted molar refractivity (Wildman–Crippen MR) is 135 cm³/mol. The highest BCUT2D eigenvalue weighted by Gasteiger charge is 2.22. The molecule has 0 saturated carbocycles. The average Bonchev–Trinajstić information content (AvgIpc) is 2.52. The molecule has 0 radical (unpaired) electrons. The van der Waals surface area contributed by atoms with Crippen molar-refractivity contribution in [2.24, 2.45) is 0 Å². The zero-order valence-corrected chi connectivity index (χ0v) is 22.4. The van der Waals surface area contributed by atoms with E-state index in [1.165, 1.54) is 96.3 Å². The van der Waals surface area contributed by atoms with E-state index in [9.17, 15) is 0 Å². The summed E-state index contributed by atoms with van der Waals surface area (Å²) in [5.74, 6) is 0. The monoisotopic (exact) mass is 413 g/mol. The fraction of sp³-hybridized carbons (Fsp3) is 0.917. The maximum atomic E-state index is 3.76. The van der Waals surface area contributed by atoms with Gasteiger partial charge >= 0.3 is 0 Å². The molecule has 0 aromatic carbocycles. The lowest BCUT2D eigenvalue weighted by Crippen LogP contribution is -2.55. The number of hydrogen-bond donors (Lipinski definition) is 1. The minimum absolute atomic E-state index is 0.981. The molecule has 0 bridgehead atoms. The van der Waals surface area contributed by atoms with Crippen LogP contribution in [0.5, 0.6) is 0 Å². The Kier molecular flexibility index (Phi) is 21.1. The minimum Gasteiger partial charge on any atom is -0.360 e. The standard InChI is InChI=1S/C18H36.C6H19NSi2/c1-3-5-7-9-11-13-15-17-18-16-14-12-10-8-6-4-2;1-8(2,3)7-9(4,5)6/h3H,1,4-18H2,2H3;7H,1-6H3. The minimum atomic E-state index is -0.981. The molecular weight excluding hydrogens is 358 g/mol. The Balaban J connectivity index is 0. The van der Waals surface area contributed by atoms with Crippen LogP contribution in [0.1, 0.15) is 103 Å². The molecular formula is C24H55NSi2. The Morgan fingerprint density at radius 3 is 1.07 bits per heavy atom. The van der Waals surface area contributed by atoms with Gasteiger partial charge in [0.2, 0.25) is 0 Å². The van der Waals surface area contributed by atoms with Gasteiger partial charge in [0.25, 0.3) is 0 Å². The van der Waals surface area contributed by atoms with Crippen molar-refractivity contribution in [2.75, 3.05) is 0 Å². The van der Waals surface area contributed by atoms with Gasteiger partial charge in [-0.05, 0) is 12.8 Å². The molecule has 0 aliphatic rings. The van der Waals surface area contributed by atoms with Crippen molar-refractivity contribution >= 4 is 16.5 Å². The van der Waals surface area contributed by atoms with Crippen LogP contribution in [0, 0.1) is 0 Å². The molecule has 0 rings (SSSR count). The van der Waals surface area contributed by atoms with Crippen molar-refractivity contribution < 1.29 is 0 Å². The number of nitrogens with one attached hydrogen (secondary N) is 1. The third-order valence-corrected chi connectivity index (χ3v) is 10.5. The number of allylic oxidation sites excluding steroid dienone is 1. The average molecular weight is 414 g/mol. The van der Waals surface area contributed by atoms with Gasteiger partial charge in [-0.3, -0.25) is 0 Å². The van der Waals surface area contributed by atoms with Crippen LogP contribution in [-0.2, 0) is 0 Å². The molecule has 0 aromatic rings. The Hall–Kier alpha value is 0.134. The number of hydrogen-bond acceptors (Lipinski definition) is 1. The second-order valence-corrected chi connectivity index (χ2v) is 20.3. The van der Waals surface area contributed by atoms with Gasteiger partial charge in [-0.25, -0.2) is 0 Å². The van der Waals surface area contributed by atoms with Crippen LogP contribution in [0.25, 0.3) is 0 Å². The fourth-order valence-electron chi connectivity index (χ4n) is 3.61. The molecule has 0 atom stereocenters. The summed E-state index contributed by atoms with van der Waals surface area (Å²) in [4.78, 5) is 0. The summed E-state index contributed by atoms with van der Waals surface area (Å²) in [5.41, 5.74) is 0. The third-order valence-electron chi connectivity index (χ3n) is 4.51. The van der Waals surface area contributed by atoms with Crippen molar-refractivity contribution in [3.63, 3.8) is 0 Å². The summed E-state index contributed by atoms with van der Waals surface area (Å²) in [6, 6.07) is 0. The summed E-state index contributed by atoms with van der Waals surface area (Å²) in [6.45, 7) is 20.2. The Bertz CT molecular complexity index is 290. The van der Waals surface area contributed by atoms with Crippen LogP contribution in [0.4, 0.5) is 0 Å². The molecule has 0 aliphatic carbocycles. The molecule has 0 heterocycles. The van der Waals surface area contributed by atoms with Crippen molar-refractivity contribution in [1.29, 1.82) is 0 Å². The molecule has 0 amide bonds. The molecule has 0 unspecified atom stereocenters. The lowest BCUT2D eigenvalue weighted by molar-refractivity contribution is 0.536. The first-order valence-electron chi connectivity index (χ1n) is 12.0. The number of rotatable bonds is 17. The smallest absolute Gasteiger partial charge is 0.109 e. The SMILES string of the molecule is C=CCCCCCCCCCCCCCCCC.C[Si](C)(C)N[Si](C)(C)C. The van der Waals surface area contributed by atoms with Gasteiger partial charge in [-0.2, -0.15) is 0 Å². The van der Waals surface area contributed by atoms with E-state index in [4.69, 9.17) is 0 Å². The maximum absolute atomic E-state index is 3.76. The van der Waals surface area contributed by atoms with Crippen molar-refractivity contribution in [3.05, 3.63) is 12.7 Å². The third kappa shape index (κ3) is 34.1. The van der Waals surface area contributed by atoms with Crippen LogP contribution in [0.2, 0.25) is 39.3 Å². The van der Waals surface area contributed by atoms with Crippen LogP contribution < -0.4 is 4.65 Å². The van der Waals surface area contributed by atoms with Gasteiger partial charge in [0.05, 0.1) is 0 Å². The highest BCUT2D eigenvalue weighted by atomic mass is 28.4. The maximum Gasteiger partial charge on any atom is 0.109 e. The Labute approximate surface area is 176 Å². The summed E-state index contributed by atoms with van der Waals surface area (Å²) >= 11 is 0. The van der Waals surface area contributed by atoms with Gasteiger partial charge in [-0.1, -0.05) is 136 Å². The van der Waals surface area contributed by atoms with E-state index in [0.29, 0.717) is 0 Å². The Morgan fingerprint density at radius 2 is 0.852 bits per heavy atom. The summed E-state index contributed by atoms with van der Waals surface area (Å²) in [6.07, 6.45) is 23.5. The zero-order valence-electron chi connectivity index (χ0n) is 20.4. The molecule has 1 nitrogen and oxygen atoms in total. The fourth-order valence-corrected chi connectivity index (χ4v) is 12.6. The summed E-state index contributed by atoms with van der Waals surface area (Å²) in [5, 5.41) is 0. The molecule has 3 heteroatoms. The molecule has 164 valence electrons. The lowest BCUT2D eigenvalue weighted by atomic mass is 10.0. The highest BCUT2D eigenvalue weighted by molar-refractivity contribution is 6.90. The predicted octanol–water partition coefficient (Wildman–Crippen LogP) is 9.29. The molecule has 0 fully saturated rings. The van der Waals surface area contributed by atoms with Gasteiger partial charge in [-0.15, -0.1) is 6.58 Å². The van der Waals surface area contributed by atoms with Crippen LogP contribution in [0.15, 0.2) is 12.7 Å². The molecule has 0 aromatic heterocycles. The van der Waals surface area contributed by atoms with Crippen LogP contribution >= 0.6 is 0 Å². The molecule has 1 N–H and O–H groups in total. The first kappa shape index (κ1) is 29.3. The van der Waals surface area contributed by atoms with Gasteiger partial charge in [0.1, 0.15) is 16.5 Å². The first-order valence-corrected chi connectivity index (χ1v) is 19.0. The van der Waals surface area contributed by atoms with E-state index in [0.717, 1.165) is 0 Å². The van der Waals surface area contributed by atoms with Gasteiger partial charge < -0.3 is 4.65 Å². The second-order valence-electron chi connectivity index (χ2n) is 10.3. The van der Waals surface area contributed by atoms with Crippen molar-refractivity contribution in [1.82, 2.24) is 4.65 Å². The second kappa shape index (κ2) is 19.5. The summed E-state index contributed by atoms with van der Waals surface area (Å²) in [7, 11) is -1.96. The lowest BCUT2D eigenvalue weighted by Gasteiger charge is -2.28. The first-order chi connectivity index (χ1) is 12.6. The van der Waals surface area contributed by atoms with Crippen molar-refractivity contribution in [2.45, 2.75) is 143 Å². The van der Waals surface area contributed by atoms with Gasteiger partial charge in [0, 0.05) is 0 Å². The largest absolute Gasteiger partial charge is 0.360 e. The van der Waals surface area contributed by atoms with Crippen LogP contribution in [-0.4, -0.2) is 16.5 Å². The zero-order chi connectivity index (χ0) is 21.0. The molecule has 27 heavy (non-hydrogen) atoms. The quantitative estimate of drug-likeness (QED) is 0.142. The van der Waals surface area contributed by atoms with Crippen LogP contribution in [0.3, 0.4) is 0 Å². The van der Waals surface area contributed by atoms with Crippen molar-refractivity contribution in [3.8, 4) is 0 Å². The van der Waals surface area contributed by atoms with Gasteiger partial charge in [0.15, 0.2) is 0 Å². The Morgan fingerprint density at radius 1 is 0.556 bits per heavy atom. The van der Waals surface area contributed by atoms with E-state index in [1.807, 2.05) is 6.08 Å². The topological polar surface area (TPSA) is 12.0 Å². The number of unbranched alkanes of at least 4 members (excludes halogenated alkanes) is 14. The molecule has 0 saturated heterocycles. The molecule has 0 aliphatic heterocycles. The van der Waals surface area contributed by atoms with E-state index < -0.39 is 16.5 Å².